The summed E-state index contributed by atoms with van der Waals surface area (Å²) >= 11 is 12.3. The van der Waals surface area contributed by atoms with Crippen LogP contribution in [0.3, 0.4) is 0 Å². The summed E-state index contributed by atoms with van der Waals surface area (Å²) in [6.07, 6.45) is 2.69. The number of rotatable bonds is 8. The Labute approximate surface area is 244 Å². The summed E-state index contributed by atoms with van der Waals surface area (Å²) in [6, 6.07) is 15.7. The molecule has 2 aliphatic rings. The predicted octanol–water partition coefficient (Wildman–Crippen LogP) is 6.11. The second-order valence-corrected chi connectivity index (χ2v) is 10.6. The number of Topliss-reactive ketones (excluding diaryl/α,β-unsaturated/α-hetero) is 1. The molecule has 0 bridgehead atoms. The van der Waals surface area contributed by atoms with E-state index in [2.05, 4.69) is 0 Å². The second-order valence-electron chi connectivity index (χ2n) is 9.77. The number of fused-ring (bicyclic) bond motifs is 1. The molecule has 1 saturated carbocycles. The fourth-order valence-electron chi connectivity index (χ4n) is 5.13. The van der Waals surface area contributed by atoms with Gasteiger partial charge in [0.25, 0.3) is 23.4 Å². The highest BCUT2D eigenvalue weighted by Crippen LogP contribution is 2.39. The van der Waals surface area contributed by atoms with Gasteiger partial charge < -0.3 is 4.74 Å². The predicted molar refractivity (Wildman–Crippen MR) is 149 cm³/mol. The monoisotopic (exact) mass is 595 g/mol. The number of benzene rings is 3. The van der Waals surface area contributed by atoms with Crippen molar-refractivity contribution in [2.75, 3.05) is 6.54 Å². The first-order chi connectivity index (χ1) is 19.6. The van der Waals surface area contributed by atoms with Crippen molar-refractivity contribution in [2.24, 2.45) is 11.8 Å². The number of amides is 3. The number of nitro benzene ring substituents is 1. The summed E-state index contributed by atoms with van der Waals surface area (Å²) in [4.78, 5) is 64.1. The highest BCUT2D eigenvalue weighted by Gasteiger charge is 2.52. The molecule has 0 aromatic heterocycles. The molecule has 2 fully saturated rings. The van der Waals surface area contributed by atoms with Gasteiger partial charge in [0.2, 0.25) is 0 Å². The van der Waals surface area contributed by atoms with Gasteiger partial charge in [0.1, 0.15) is 18.0 Å². The lowest BCUT2D eigenvalue weighted by atomic mass is 9.81. The van der Waals surface area contributed by atoms with E-state index >= 15 is 0 Å². The molecule has 1 aliphatic heterocycles. The highest BCUT2D eigenvalue weighted by molar-refractivity contribution is 6.36. The minimum atomic E-state index is -0.779. The average molecular weight is 596 g/mol. The Morgan fingerprint density at radius 3 is 2.00 bits per heavy atom. The Morgan fingerprint density at radius 2 is 1.46 bits per heavy atom. The molecule has 210 valence electrons. The SMILES string of the molecule is O=C(CN(C(=O)c1ccc(Cl)cc1Cl)N1C(=O)[C@H]2CCCC[C@H]2C1=O)c1ccc(Oc2ccc([N+](=O)[O-])cc2)cc1. The maximum Gasteiger partial charge on any atom is 0.274 e. The third kappa shape index (κ3) is 5.79. The van der Waals surface area contributed by atoms with Crippen LogP contribution in [0.2, 0.25) is 10.0 Å². The normalized spacial score (nSPS) is 18.1. The lowest BCUT2D eigenvalue weighted by molar-refractivity contribution is -0.384. The summed E-state index contributed by atoms with van der Waals surface area (Å²) in [5, 5.41) is 12.9. The number of carbonyl (C=O) groups excluding carboxylic acids is 4. The summed E-state index contributed by atoms with van der Waals surface area (Å²) in [5.74, 6) is -2.64. The van der Waals surface area contributed by atoms with Gasteiger partial charge in [-0.05, 0) is 67.4 Å². The van der Waals surface area contributed by atoms with Crippen molar-refractivity contribution in [1.29, 1.82) is 0 Å². The van der Waals surface area contributed by atoms with Gasteiger partial charge in [-0.25, -0.2) is 5.01 Å². The van der Waals surface area contributed by atoms with Gasteiger partial charge in [-0.2, -0.15) is 5.01 Å². The third-order valence-corrected chi connectivity index (χ3v) is 7.76. The first-order valence-electron chi connectivity index (χ1n) is 12.8. The molecule has 0 N–H and O–H groups in total. The molecule has 3 aromatic rings. The molecule has 12 heteroatoms. The number of nitro groups is 1. The van der Waals surface area contributed by atoms with Crippen LogP contribution in [-0.4, -0.2) is 45.0 Å². The molecule has 2 atom stereocenters. The summed E-state index contributed by atoms with van der Waals surface area (Å²) in [6.45, 7) is -0.586. The molecule has 1 heterocycles. The Kier molecular flexibility index (Phi) is 8.05. The summed E-state index contributed by atoms with van der Waals surface area (Å²) in [7, 11) is 0. The van der Waals surface area contributed by atoms with E-state index in [4.69, 9.17) is 27.9 Å². The highest BCUT2D eigenvalue weighted by atomic mass is 35.5. The number of ether oxygens (including phenoxy) is 1. The van der Waals surface area contributed by atoms with Crippen molar-refractivity contribution in [3.8, 4) is 11.5 Å². The van der Waals surface area contributed by atoms with Gasteiger partial charge in [0.05, 0.1) is 27.3 Å². The van der Waals surface area contributed by atoms with E-state index in [0.29, 0.717) is 29.4 Å². The fraction of sp³-hybridized carbons (Fsp3) is 0.241. The first-order valence-corrected chi connectivity index (χ1v) is 13.6. The van der Waals surface area contributed by atoms with E-state index in [0.717, 1.165) is 22.9 Å². The number of halogens is 2. The molecule has 0 unspecified atom stereocenters. The molecule has 3 aromatic carbocycles. The number of hydrogen-bond donors (Lipinski definition) is 0. The van der Waals surface area contributed by atoms with Crippen LogP contribution >= 0.6 is 23.2 Å². The zero-order chi connectivity index (χ0) is 29.3. The standard InChI is InChI=1S/C29H23Cl2N3O7/c30-18-7-14-24(25(31)15-18)27(36)32(33-28(37)22-3-1-2-4-23(22)29(33)38)16-26(35)17-5-10-20(11-6-17)41-21-12-8-19(9-13-21)34(39)40/h5-15,22-23H,1-4,16H2/t22-,23+. The number of hydrogen-bond acceptors (Lipinski definition) is 7. The van der Waals surface area contributed by atoms with Crippen molar-refractivity contribution in [3.63, 3.8) is 0 Å². The lowest BCUT2D eigenvalue weighted by Crippen LogP contribution is -2.52. The van der Waals surface area contributed by atoms with Crippen molar-refractivity contribution in [1.82, 2.24) is 10.0 Å². The Hall–Kier alpha value is -4.28. The molecule has 0 spiro atoms. The minimum absolute atomic E-state index is 0.00816. The number of nitrogens with zero attached hydrogens (tertiary/aromatic N) is 3. The Bertz CT molecular complexity index is 1520. The Balaban J connectivity index is 1.39. The zero-order valence-electron chi connectivity index (χ0n) is 21.5. The molecule has 3 amide bonds. The Morgan fingerprint density at radius 1 is 0.902 bits per heavy atom. The topological polar surface area (TPSA) is 127 Å². The number of carbonyl (C=O) groups is 4. The summed E-state index contributed by atoms with van der Waals surface area (Å²) < 4.78 is 5.69. The van der Waals surface area contributed by atoms with E-state index in [-0.39, 0.29) is 21.8 Å². The maximum absolute atomic E-state index is 13.7. The minimum Gasteiger partial charge on any atom is -0.457 e. The van der Waals surface area contributed by atoms with Crippen LogP contribution in [0.25, 0.3) is 0 Å². The molecule has 1 saturated heterocycles. The second kappa shape index (κ2) is 11.7. The van der Waals surface area contributed by atoms with Crippen molar-refractivity contribution < 1.29 is 28.8 Å². The largest absolute Gasteiger partial charge is 0.457 e. The van der Waals surface area contributed by atoms with Crippen LogP contribution in [0.4, 0.5) is 5.69 Å². The van der Waals surface area contributed by atoms with Gasteiger partial charge in [-0.1, -0.05) is 36.0 Å². The van der Waals surface area contributed by atoms with Crippen molar-refractivity contribution in [3.05, 3.63) is 98.0 Å². The van der Waals surface area contributed by atoms with Gasteiger partial charge in [-0.3, -0.25) is 29.3 Å². The first kappa shape index (κ1) is 28.3. The van der Waals surface area contributed by atoms with Crippen molar-refractivity contribution in [2.45, 2.75) is 25.7 Å². The molecule has 41 heavy (non-hydrogen) atoms. The van der Waals surface area contributed by atoms with Crippen LogP contribution in [0.1, 0.15) is 46.4 Å². The quantitative estimate of drug-likeness (QED) is 0.133. The van der Waals surface area contributed by atoms with Crippen LogP contribution in [0.15, 0.2) is 66.7 Å². The van der Waals surface area contributed by atoms with Gasteiger partial charge in [0.15, 0.2) is 5.78 Å². The number of hydrazine groups is 1. The van der Waals surface area contributed by atoms with E-state index in [1.807, 2.05) is 0 Å². The molecule has 1 aliphatic carbocycles. The fourth-order valence-corrected chi connectivity index (χ4v) is 5.62. The van der Waals surface area contributed by atoms with Crippen LogP contribution in [0.5, 0.6) is 11.5 Å². The van der Waals surface area contributed by atoms with E-state index in [1.54, 1.807) is 0 Å². The van der Waals surface area contributed by atoms with E-state index in [9.17, 15) is 29.3 Å². The molecule has 0 radical (unpaired) electrons. The number of non-ortho nitro benzene ring substituents is 1. The van der Waals surface area contributed by atoms with Gasteiger partial charge >= 0.3 is 0 Å². The van der Waals surface area contributed by atoms with Crippen LogP contribution in [0, 0.1) is 22.0 Å². The molecular weight excluding hydrogens is 573 g/mol. The van der Waals surface area contributed by atoms with E-state index < -0.39 is 46.8 Å². The molecule has 10 nitrogen and oxygen atoms in total. The summed E-state index contributed by atoms with van der Waals surface area (Å²) in [5.41, 5.74) is 0.121. The van der Waals surface area contributed by atoms with Crippen molar-refractivity contribution >= 4 is 52.4 Å². The molecular formula is C29H23Cl2N3O7. The molecule has 5 rings (SSSR count). The average Bonchev–Trinajstić information content (AvgIpc) is 3.21. The third-order valence-electron chi connectivity index (χ3n) is 7.21. The van der Waals surface area contributed by atoms with Crippen LogP contribution in [-0.2, 0) is 9.59 Å². The zero-order valence-corrected chi connectivity index (χ0v) is 23.0. The lowest BCUT2D eigenvalue weighted by Gasteiger charge is -2.30. The number of imide groups is 1. The van der Waals surface area contributed by atoms with Gasteiger partial charge in [-0.15, -0.1) is 0 Å². The van der Waals surface area contributed by atoms with Crippen LogP contribution < -0.4 is 4.74 Å². The van der Waals surface area contributed by atoms with E-state index in [1.165, 1.54) is 66.7 Å². The number of ketones is 1. The smallest absolute Gasteiger partial charge is 0.274 e. The van der Waals surface area contributed by atoms with Gasteiger partial charge in [0, 0.05) is 22.7 Å². The maximum atomic E-state index is 13.7.